The van der Waals surface area contributed by atoms with Crippen LogP contribution in [0.1, 0.15) is 10.5 Å². The van der Waals surface area contributed by atoms with Crippen LogP contribution in [-0.4, -0.2) is 17.4 Å². The number of amides is 1. The monoisotopic (exact) mass is 234 g/mol. The van der Waals surface area contributed by atoms with E-state index in [0.29, 0.717) is 10.7 Å². The van der Waals surface area contributed by atoms with Crippen LogP contribution in [0.5, 0.6) is 0 Å². The van der Waals surface area contributed by atoms with Crippen LogP contribution in [0.25, 0.3) is 10.9 Å². The highest BCUT2D eigenvalue weighted by Gasteiger charge is 2.08. The third-order valence-electron chi connectivity index (χ3n) is 2.22. The lowest BCUT2D eigenvalue weighted by Gasteiger charge is -2.00. The van der Waals surface area contributed by atoms with Gasteiger partial charge in [-0.05, 0) is 12.1 Å². The number of nitrogens with one attached hydrogen (secondary N) is 2. The number of aromatic nitrogens is 1. The van der Waals surface area contributed by atoms with Crippen LogP contribution in [0, 0.1) is 0 Å². The Morgan fingerprint density at radius 2 is 2.19 bits per heavy atom. The van der Waals surface area contributed by atoms with E-state index < -0.39 is 0 Å². The molecule has 2 rings (SSSR count). The van der Waals surface area contributed by atoms with Crippen LogP contribution in [0.15, 0.2) is 41.9 Å². The van der Waals surface area contributed by atoms with Gasteiger partial charge in [-0.3, -0.25) is 4.79 Å². The van der Waals surface area contributed by atoms with E-state index in [1.165, 1.54) is 0 Å². The van der Waals surface area contributed by atoms with Crippen molar-refractivity contribution in [2.75, 3.05) is 6.54 Å². The molecule has 1 amide bonds. The Morgan fingerprint density at radius 1 is 1.44 bits per heavy atom. The fourth-order valence-corrected chi connectivity index (χ4v) is 1.53. The van der Waals surface area contributed by atoms with Gasteiger partial charge in [0.1, 0.15) is 5.69 Å². The van der Waals surface area contributed by atoms with E-state index in [0.717, 1.165) is 10.9 Å². The van der Waals surface area contributed by atoms with Gasteiger partial charge in [0.2, 0.25) is 0 Å². The summed E-state index contributed by atoms with van der Waals surface area (Å²) in [4.78, 5) is 14.7. The molecule has 3 nitrogen and oxygen atoms in total. The number of aromatic amines is 1. The van der Waals surface area contributed by atoms with Crippen LogP contribution in [0.3, 0.4) is 0 Å². The zero-order chi connectivity index (χ0) is 11.5. The smallest absolute Gasteiger partial charge is 0.268 e. The highest BCUT2D eigenvalue weighted by atomic mass is 35.5. The minimum absolute atomic E-state index is 0.182. The molecule has 16 heavy (non-hydrogen) atoms. The fourth-order valence-electron chi connectivity index (χ4n) is 1.47. The summed E-state index contributed by atoms with van der Waals surface area (Å²) in [5.74, 6) is -0.182. The Bertz CT molecular complexity index is 512. The van der Waals surface area contributed by atoms with Crippen LogP contribution in [0.4, 0.5) is 0 Å². The van der Waals surface area contributed by atoms with E-state index in [-0.39, 0.29) is 12.5 Å². The molecule has 2 N–H and O–H groups in total. The number of fused-ring (bicyclic) bond motifs is 1. The predicted octanol–water partition coefficient (Wildman–Crippen LogP) is 2.65. The molecule has 0 bridgehead atoms. The second kappa shape index (κ2) is 4.41. The number of para-hydroxylation sites is 1. The van der Waals surface area contributed by atoms with Gasteiger partial charge in [0.05, 0.1) is 6.54 Å². The number of halogens is 1. The topological polar surface area (TPSA) is 44.9 Å². The van der Waals surface area contributed by atoms with E-state index in [1.807, 2.05) is 30.3 Å². The molecule has 0 aliphatic heterocycles. The molecule has 1 heterocycles. The fraction of sp³-hybridized carbons (Fsp3) is 0.0833. The molecule has 0 spiro atoms. The molecule has 0 fully saturated rings. The minimum Gasteiger partial charge on any atom is -0.351 e. The highest BCUT2D eigenvalue weighted by Crippen LogP contribution is 2.14. The largest absolute Gasteiger partial charge is 0.351 e. The summed E-state index contributed by atoms with van der Waals surface area (Å²) in [5.41, 5.74) is 1.47. The van der Waals surface area contributed by atoms with Crippen molar-refractivity contribution in [2.45, 2.75) is 0 Å². The van der Waals surface area contributed by atoms with Gasteiger partial charge < -0.3 is 10.3 Å². The third-order valence-corrected chi connectivity index (χ3v) is 2.35. The first-order valence-electron chi connectivity index (χ1n) is 4.86. The number of hydrogen-bond donors (Lipinski definition) is 2. The highest BCUT2D eigenvalue weighted by molar-refractivity contribution is 6.29. The molecular formula is C12H11ClN2O. The van der Waals surface area contributed by atoms with Crippen molar-refractivity contribution in [3.8, 4) is 0 Å². The second-order valence-corrected chi connectivity index (χ2v) is 4.00. The van der Waals surface area contributed by atoms with Gasteiger partial charge >= 0.3 is 0 Å². The molecule has 82 valence electrons. The summed E-state index contributed by atoms with van der Waals surface area (Å²) < 4.78 is 0. The standard InChI is InChI=1S/C12H11ClN2O/c1-8(13)7-14-12(16)11-6-9-4-2-3-5-10(9)15-11/h2-6,15H,1,7H2,(H,14,16). The average molecular weight is 235 g/mol. The number of hydrogen-bond acceptors (Lipinski definition) is 1. The van der Waals surface area contributed by atoms with E-state index in [4.69, 9.17) is 11.6 Å². The van der Waals surface area contributed by atoms with Crippen molar-refractivity contribution in [2.24, 2.45) is 0 Å². The maximum absolute atomic E-state index is 11.7. The lowest BCUT2D eigenvalue weighted by molar-refractivity contribution is 0.0953. The molecule has 1 aromatic carbocycles. The first-order chi connectivity index (χ1) is 7.66. The molecule has 4 heteroatoms. The van der Waals surface area contributed by atoms with E-state index in [2.05, 4.69) is 16.9 Å². The average Bonchev–Trinajstić information content (AvgIpc) is 2.69. The number of H-pyrrole nitrogens is 1. The minimum atomic E-state index is -0.182. The molecular weight excluding hydrogens is 224 g/mol. The van der Waals surface area contributed by atoms with Crippen LogP contribution >= 0.6 is 11.6 Å². The molecule has 0 aliphatic rings. The Hall–Kier alpha value is -1.74. The first-order valence-corrected chi connectivity index (χ1v) is 5.24. The summed E-state index contributed by atoms with van der Waals surface area (Å²) in [6.07, 6.45) is 0. The summed E-state index contributed by atoms with van der Waals surface area (Å²) in [6.45, 7) is 3.78. The maximum atomic E-state index is 11.7. The van der Waals surface area contributed by atoms with Gasteiger partial charge in [-0.2, -0.15) is 0 Å². The SMILES string of the molecule is C=C(Cl)CNC(=O)c1cc2ccccc2[nH]1. The van der Waals surface area contributed by atoms with Crippen LogP contribution < -0.4 is 5.32 Å². The number of rotatable bonds is 3. The van der Waals surface area contributed by atoms with Gasteiger partial charge in [-0.1, -0.05) is 36.4 Å². The van der Waals surface area contributed by atoms with Gasteiger partial charge in [0.25, 0.3) is 5.91 Å². The maximum Gasteiger partial charge on any atom is 0.268 e. The third kappa shape index (κ3) is 2.25. The van der Waals surface area contributed by atoms with Gasteiger partial charge in [-0.25, -0.2) is 0 Å². The summed E-state index contributed by atoms with van der Waals surface area (Å²) >= 11 is 5.57. The molecule has 2 aromatic rings. The Kier molecular flexibility index (Phi) is 2.97. The van der Waals surface area contributed by atoms with Crippen molar-refractivity contribution in [3.05, 3.63) is 47.6 Å². The summed E-state index contributed by atoms with van der Waals surface area (Å²) in [5, 5.41) is 4.08. The summed E-state index contributed by atoms with van der Waals surface area (Å²) in [7, 11) is 0. The Labute approximate surface area is 98.1 Å². The number of carbonyl (C=O) groups is 1. The van der Waals surface area contributed by atoms with Crippen LogP contribution in [-0.2, 0) is 0 Å². The van der Waals surface area contributed by atoms with E-state index in [9.17, 15) is 4.79 Å². The van der Waals surface area contributed by atoms with E-state index in [1.54, 1.807) is 0 Å². The molecule has 1 aromatic heterocycles. The van der Waals surface area contributed by atoms with Gasteiger partial charge in [0.15, 0.2) is 0 Å². The zero-order valence-electron chi connectivity index (χ0n) is 8.59. The molecule has 0 saturated carbocycles. The van der Waals surface area contributed by atoms with Crippen LogP contribution in [0.2, 0.25) is 0 Å². The van der Waals surface area contributed by atoms with E-state index >= 15 is 0 Å². The Balaban J connectivity index is 2.20. The summed E-state index contributed by atoms with van der Waals surface area (Å²) in [6, 6.07) is 9.52. The Morgan fingerprint density at radius 3 is 2.88 bits per heavy atom. The molecule has 0 unspecified atom stereocenters. The zero-order valence-corrected chi connectivity index (χ0v) is 9.34. The first kappa shape index (κ1) is 10.8. The van der Waals surface area contributed by atoms with Gasteiger partial charge in [0, 0.05) is 15.9 Å². The number of carbonyl (C=O) groups excluding carboxylic acids is 1. The van der Waals surface area contributed by atoms with Crippen molar-refractivity contribution in [1.82, 2.24) is 10.3 Å². The predicted molar refractivity (Wildman–Crippen MR) is 65.6 cm³/mol. The van der Waals surface area contributed by atoms with Crippen molar-refractivity contribution in [1.29, 1.82) is 0 Å². The van der Waals surface area contributed by atoms with Crippen molar-refractivity contribution in [3.63, 3.8) is 0 Å². The molecule has 0 atom stereocenters. The van der Waals surface area contributed by atoms with Gasteiger partial charge in [-0.15, -0.1) is 0 Å². The van der Waals surface area contributed by atoms with Crippen molar-refractivity contribution < 1.29 is 4.79 Å². The second-order valence-electron chi connectivity index (χ2n) is 3.47. The lowest BCUT2D eigenvalue weighted by Crippen LogP contribution is -2.24. The molecule has 0 aliphatic carbocycles. The quantitative estimate of drug-likeness (QED) is 0.843. The lowest BCUT2D eigenvalue weighted by atomic mass is 10.2. The molecule has 0 saturated heterocycles. The molecule has 0 radical (unpaired) electrons. The van der Waals surface area contributed by atoms with Crippen molar-refractivity contribution >= 4 is 28.4 Å². The number of benzene rings is 1. The normalized spacial score (nSPS) is 10.3.